The Balaban J connectivity index is 2.39. The molecule has 1 fully saturated rings. The van der Waals surface area contributed by atoms with Crippen LogP contribution in [0.15, 0.2) is 18.2 Å². The highest BCUT2D eigenvalue weighted by Gasteiger charge is 2.42. The molecule has 0 spiro atoms. The fourth-order valence-electron chi connectivity index (χ4n) is 2.40. The van der Waals surface area contributed by atoms with Gasteiger partial charge in [0.25, 0.3) is 5.69 Å². The molecule has 0 heterocycles. The van der Waals surface area contributed by atoms with E-state index in [1.807, 2.05) is 0 Å². The summed E-state index contributed by atoms with van der Waals surface area (Å²) in [7, 11) is 0. The van der Waals surface area contributed by atoms with Crippen LogP contribution in [0.2, 0.25) is 0 Å². The SMILES string of the molecule is O=C(O)C1(Nc2cc(F)ccc2[N+](=O)[O-])CCCC1. The molecule has 6 nitrogen and oxygen atoms in total. The lowest BCUT2D eigenvalue weighted by Crippen LogP contribution is -2.43. The Morgan fingerprint density at radius 2 is 2.05 bits per heavy atom. The van der Waals surface area contributed by atoms with E-state index in [2.05, 4.69) is 5.32 Å². The number of hydrogen-bond acceptors (Lipinski definition) is 4. The fourth-order valence-corrected chi connectivity index (χ4v) is 2.40. The number of nitrogens with one attached hydrogen (secondary N) is 1. The average Bonchev–Trinajstić information content (AvgIpc) is 2.78. The molecule has 0 aliphatic heterocycles. The van der Waals surface area contributed by atoms with E-state index >= 15 is 0 Å². The second kappa shape index (κ2) is 4.83. The highest BCUT2D eigenvalue weighted by molar-refractivity contribution is 5.84. The molecular weight excluding hydrogens is 255 g/mol. The van der Waals surface area contributed by atoms with Crippen LogP contribution < -0.4 is 5.32 Å². The molecular formula is C12H13FN2O4. The standard InChI is InChI=1S/C12H13FN2O4/c13-8-3-4-10(15(18)19)9(7-8)14-12(11(16)17)5-1-2-6-12/h3-4,7,14H,1-2,5-6H2,(H,16,17). The van der Waals surface area contributed by atoms with E-state index in [9.17, 15) is 24.4 Å². The minimum absolute atomic E-state index is 0.0886. The minimum Gasteiger partial charge on any atom is -0.480 e. The monoisotopic (exact) mass is 268 g/mol. The van der Waals surface area contributed by atoms with Gasteiger partial charge in [0.05, 0.1) is 4.92 Å². The summed E-state index contributed by atoms with van der Waals surface area (Å²) in [4.78, 5) is 21.6. The van der Waals surface area contributed by atoms with Gasteiger partial charge in [-0.25, -0.2) is 9.18 Å². The van der Waals surface area contributed by atoms with Gasteiger partial charge in [0, 0.05) is 12.1 Å². The molecule has 0 aromatic heterocycles. The van der Waals surface area contributed by atoms with Gasteiger partial charge in [-0.05, 0) is 18.9 Å². The Kier molecular flexibility index (Phi) is 3.37. The van der Waals surface area contributed by atoms with Crippen molar-refractivity contribution in [3.8, 4) is 0 Å². The van der Waals surface area contributed by atoms with Crippen molar-refractivity contribution in [2.45, 2.75) is 31.2 Å². The van der Waals surface area contributed by atoms with Crippen molar-refractivity contribution in [1.29, 1.82) is 0 Å². The fraction of sp³-hybridized carbons (Fsp3) is 0.417. The molecule has 102 valence electrons. The molecule has 1 aromatic carbocycles. The van der Waals surface area contributed by atoms with Gasteiger partial charge in [-0.1, -0.05) is 12.8 Å². The van der Waals surface area contributed by atoms with Crippen molar-refractivity contribution in [2.75, 3.05) is 5.32 Å². The number of nitro benzene ring substituents is 1. The van der Waals surface area contributed by atoms with Crippen LogP contribution in [0.4, 0.5) is 15.8 Å². The van der Waals surface area contributed by atoms with Gasteiger partial charge in [0.15, 0.2) is 0 Å². The predicted molar refractivity (Wildman–Crippen MR) is 65.5 cm³/mol. The van der Waals surface area contributed by atoms with E-state index in [0.29, 0.717) is 12.8 Å². The van der Waals surface area contributed by atoms with Crippen LogP contribution in [0, 0.1) is 15.9 Å². The van der Waals surface area contributed by atoms with Gasteiger partial charge in [-0.15, -0.1) is 0 Å². The number of aliphatic carboxylic acids is 1. The number of carboxylic acids is 1. The first-order chi connectivity index (χ1) is 8.94. The van der Waals surface area contributed by atoms with E-state index in [1.165, 1.54) is 0 Å². The van der Waals surface area contributed by atoms with Crippen LogP contribution in [0.3, 0.4) is 0 Å². The quantitative estimate of drug-likeness (QED) is 0.646. The molecule has 0 radical (unpaired) electrons. The first kappa shape index (κ1) is 13.3. The van der Waals surface area contributed by atoms with E-state index in [1.54, 1.807) is 0 Å². The van der Waals surface area contributed by atoms with Crippen LogP contribution in [0.25, 0.3) is 0 Å². The van der Waals surface area contributed by atoms with Crippen molar-refractivity contribution >= 4 is 17.3 Å². The zero-order chi connectivity index (χ0) is 14.0. The number of hydrogen-bond donors (Lipinski definition) is 2. The lowest BCUT2D eigenvalue weighted by Gasteiger charge is -2.26. The first-order valence-electron chi connectivity index (χ1n) is 5.90. The summed E-state index contributed by atoms with van der Waals surface area (Å²) in [6.45, 7) is 0. The Bertz CT molecular complexity index is 526. The van der Waals surface area contributed by atoms with E-state index < -0.39 is 22.2 Å². The summed E-state index contributed by atoms with van der Waals surface area (Å²) in [5.41, 5.74) is -1.65. The Hall–Kier alpha value is -2.18. The molecule has 1 aliphatic rings. The largest absolute Gasteiger partial charge is 0.480 e. The Morgan fingerprint density at radius 3 is 2.58 bits per heavy atom. The van der Waals surface area contributed by atoms with Crippen molar-refractivity contribution in [3.05, 3.63) is 34.1 Å². The van der Waals surface area contributed by atoms with Gasteiger partial charge in [-0.2, -0.15) is 0 Å². The lowest BCUT2D eigenvalue weighted by molar-refractivity contribution is -0.384. The van der Waals surface area contributed by atoms with Gasteiger partial charge < -0.3 is 10.4 Å². The number of benzene rings is 1. The summed E-state index contributed by atoms with van der Waals surface area (Å²) < 4.78 is 13.2. The molecule has 2 rings (SSSR count). The summed E-state index contributed by atoms with van der Waals surface area (Å²) >= 11 is 0. The second-order valence-electron chi connectivity index (χ2n) is 4.64. The van der Waals surface area contributed by atoms with Crippen molar-refractivity contribution < 1.29 is 19.2 Å². The third kappa shape index (κ3) is 2.49. The molecule has 0 atom stereocenters. The first-order valence-corrected chi connectivity index (χ1v) is 5.90. The molecule has 0 bridgehead atoms. The normalized spacial score (nSPS) is 17.1. The van der Waals surface area contributed by atoms with Gasteiger partial charge in [0.1, 0.15) is 17.0 Å². The number of anilines is 1. The summed E-state index contributed by atoms with van der Waals surface area (Å²) in [5, 5.41) is 22.8. The van der Waals surface area contributed by atoms with E-state index in [-0.39, 0.29) is 11.4 Å². The van der Waals surface area contributed by atoms with Crippen molar-refractivity contribution in [1.82, 2.24) is 0 Å². The predicted octanol–water partition coefficient (Wildman–Crippen LogP) is 2.54. The maximum absolute atomic E-state index is 13.2. The van der Waals surface area contributed by atoms with Gasteiger partial charge >= 0.3 is 5.97 Å². The zero-order valence-electron chi connectivity index (χ0n) is 10.1. The maximum Gasteiger partial charge on any atom is 0.329 e. The van der Waals surface area contributed by atoms with Gasteiger partial charge in [0.2, 0.25) is 0 Å². The Morgan fingerprint density at radius 1 is 1.42 bits per heavy atom. The molecule has 0 amide bonds. The van der Waals surface area contributed by atoms with E-state index in [4.69, 9.17) is 0 Å². The van der Waals surface area contributed by atoms with Crippen LogP contribution in [-0.4, -0.2) is 21.5 Å². The van der Waals surface area contributed by atoms with Crippen LogP contribution >= 0.6 is 0 Å². The van der Waals surface area contributed by atoms with Crippen molar-refractivity contribution in [3.63, 3.8) is 0 Å². The number of carbonyl (C=O) groups is 1. The summed E-state index contributed by atoms with van der Waals surface area (Å²) in [6.07, 6.45) is 2.19. The zero-order valence-corrected chi connectivity index (χ0v) is 10.1. The second-order valence-corrected chi connectivity index (χ2v) is 4.64. The molecule has 0 unspecified atom stereocenters. The molecule has 1 aromatic rings. The average molecular weight is 268 g/mol. The lowest BCUT2D eigenvalue weighted by atomic mass is 9.97. The third-order valence-corrected chi connectivity index (χ3v) is 3.40. The number of halogens is 1. The molecule has 7 heteroatoms. The number of carboxylic acid groups (broad SMARTS) is 1. The number of nitro groups is 1. The van der Waals surface area contributed by atoms with Crippen LogP contribution in [0.5, 0.6) is 0 Å². The minimum atomic E-state index is -1.24. The maximum atomic E-state index is 13.2. The van der Waals surface area contributed by atoms with E-state index in [0.717, 1.165) is 31.0 Å². The van der Waals surface area contributed by atoms with Crippen molar-refractivity contribution in [2.24, 2.45) is 0 Å². The molecule has 1 aliphatic carbocycles. The molecule has 2 N–H and O–H groups in total. The van der Waals surface area contributed by atoms with Crippen LogP contribution in [0.1, 0.15) is 25.7 Å². The topological polar surface area (TPSA) is 92.5 Å². The molecule has 1 saturated carbocycles. The third-order valence-electron chi connectivity index (χ3n) is 3.40. The highest BCUT2D eigenvalue weighted by Crippen LogP contribution is 2.36. The summed E-state index contributed by atoms with van der Waals surface area (Å²) in [5.74, 6) is -1.71. The number of rotatable bonds is 4. The van der Waals surface area contributed by atoms with Crippen LogP contribution in [-0.2, 0) is 4.79 Å². The summed E-state index contributed by atoms with van der Waals surface area (Å²) in [6, 6.07) is 2.97. The van der Waals surface area contributed by atoms with Gasteiger partial charge in [-0.3, -0.25) is 10.1 Å². The smallest absolute Gasteiger partial charge is 0.329 e. The molecule has 19 heavy (non-hydrogen) atoms. The molecule has 0 saturated heterocycles. The highest BCUT2D eigenvalue weighted by atomic mass is 19.1. The Labute approximate surface area is 108 Å². The number of nitrogens with zero attached hydrogens (tertiary/aromatic N) is 1.